The Morgan fingerprint density at radius 1 is 1.06 bits per heavy atom. The van der Waals surface area contributed by atoms with E-state index in [9.17, 15) is 18.8 Å². The zero-order valence-electron chi connectivity index (χ0n) is 17.2. The van der Waals surface area contributed by atoms with Crippen LogP contribution >= 0.6 is 0 Å². The molecule has 1 saturated heterocycles. The molecule has 1 atom stereocenters. The molecule has 0 saturated carbocycles. The highest BCUT2D eigenvalue weighted by Crippen LogP contribution is 2.27. The number of nitrogens with one attached hydrogen (secondary N) is 1. The van der Waals surface area contributed by atoms with Crippen LogP contribution < -0.4 is 0 Å². The Morgan fingerprint density at radius 3 is 2.56 bits per heavy atom. The van der Waals surface area contributed by atoms with Crippen molar-refractivity contribution < 1.29 is 18.8 Å². The SMILES string of the molecule is O=C(c1cc(-c2ccc(F)cc2)c[nH]1)N1CCC(N2C(=O)N=C3C=CC=CC3C2=O)CC1. The van der Waals surface area contributed by atoms with Crippen LogP contribution in [0.5, 0.6) is 0 Å². The summed E-state index contributed by atoms with van der Waals surface area (Å²) in [6, 6.07) is 7.03. The minimum Gasteiger partial charge on any atom is -0.357 e. The zero-order chi connectivity index (χ0) is 22.2. The third-order valence-electron chi connectivity index (χ3n) is 6.14. The molecule has 5 rings (SSSR count). The predicted octanol–water partition coefficient (Wildman–Crippen LogP) is 3.57. The average Bonchev–Trinajstić information content (AvgIpc) is 3.30. The molecule has 1 unspecified atom stereocenters. The summed E-state index contributed by atoms with van der Waals surface area (Å²) in [5, 5.41) is 0. The van der Waals surface area contributed by atoms with E-state index in [1.807, 2.05) is 0 Å². The van der Waals surface area contributed by atoms with Crippen LogP contribution in [0, 0.1) is 11.7 Å². The maximum absolute atomic E-state index is 13.1. The van der Waals surface area contributed by atoms with Crippen molar-refractivity contribution in [3.63, 3.8) is 0 Å². The molecule has 7 nitrogen and oxygen atoms in total. The second-order valence-corrected chi connectivity index (χ2v) is 8.08. The fraction of sp³-hybridized carbons (Fsp3) is 0.250. The lowest BCUT2D eigenvalue weighted by Crippen LogP contribution is -2.54. The molecule has 3 heterocycles. The zero-order valence-corrected chi connectivity index (χ0v) is 17.2. The van der Waals surface area contributed by atoms with Crippen LogP contribution in [-0.2, 0) is 4.79 Å². The molecule has 1 N–H and O–H groups in total. The molecule has 3 aliphatic rings. The van der Waals surface area contributed by atoms with Gasteiger partial charge in [-0.15, -0.1) is 0 Å². The van der Waals surface area contributed by atoms with Crippen molar-refractivity contribution in [2.75, 3.05) is 13.1 Å². The first kappa shape index (κ1) is 20.1. The third-order valence-corrected chi connectivity index (χ3v) is 6.14. The number of hydrogen-bond donors (Lipinski definition) is 1. The molecule has 2 aliphatic heterocycles. The number of carbonyl (C=O) groups excluding carboxylic acids is 3. The molecule has 8 heteroatoms. The number of fused-ring (bicyclic) bond motifs is 1. The number of benzene rings is 1. The van der Waals surface area contributed by atoms with E-state index in [4.69, 9.17) is 0 Å². The maximum atomic E-state index is 13.1. The number of aliphatic imine (C=N–C) groups is 1. The van der Waals surface area contributed by atoms with Crippen LogP contribution in [0.2, 0.25) is 0 Å². The van der Waals surface area contributed by atoms with Crippen molar-refractivity contribution in [2.24, 2.45) is 10.9 Å². The van der Waals surface area contributed by atoms with Crippen LogP contribution in [0.25, 0.3) is 11.1 Å². The van der Waals surface area contributed by atoms with E-state index in [0.717, 1.165) is 11.1 Å². The first-order chi connectivity index (χ1) is 15.5. The number of allylic oxidation sites excluding steroid dienone is 3. The summed E-state index contributed by atoms with van der Waals surface area (Å²) >= 11 is 0. The van der Waals surface area contributed by atoms with E-state index in [1.54, 1.807) is 53.6 Å². The lowest BCUT2D eigenvalue weighted by molar-refractivity contribution is -0.131. The van der Waals surface area contributed by atoms with Gasteiger partial charge in [-0.2, -0.15) is 4.99 Å². The Labute approximate surface area is 183 Å². The molecule has 0 radical (unpaired) electrons. The number of aromatic nitrogens is 1. The monoisotopic (exact) mass is 432 g/mol. The van der Waals surface area contributed by atoms with Crippen LogP contribution in [0.1, 0.15) is 23.3 Å². The number of aromatic amines is 1. The lowest BCUT2D eigenvalue weighted by atomic mass is 9.93. The number of H-pyrrole nitrogens is 1. The minimum atomic E-state index is -0.528. The van der Waals surface area contributed by atoms with E-state index in [0.29, 0.717) is 37.3 Å². The van der Waals surface area contributed by atoms with Crippen LogP contribution in [-0.4, -0.2) is 57.5 Å². The Kier molecular flexibility index (Phi) is 5.05. The summed E-state index contributed by atoms with van der Waals surface area (Å²) in [4.78, 5) is 48.4. The van der Waals surface area contributed by atoms with Crippen molar-refractivity contribution >= 4 is 23.6 Å². The molecule has 1 fully saturated rings. The molecule has 4 amide bonds. The van der Waals surface area contributed by atoms with Crippen molar-refractivity contribution in [1.82, 2.24) is 14.8 Å². The van der Waals surface area contributed by atoms with Gasteiger partial charge in [0.2, 0.25) is 5.91 Å². The molecular formula is C24H21FN4O3. The number of amides is 4. The Morgan fingerprint density at radius 2 is 1.81 bits per heavy atom. The van der Waals surface area contributed by atoms with Gasteiger partial charge in [0.05, 0.1) is 11.6 Å². The van der Waals surface area contributed by atoms with Crippen LogP contribution in [0.15, 0.2) is 65.8 Å². The average molecular weight is 432 g/mol. The van der Waals surface area contributed by atoms with Gasteiger partial charge in [-0.25, -0.2) is 9.18 Å². The third kappa shape index (κ3) is 3.57. The van der Waals surface area contributed by atoms with E-state index in [2.05, 4.69) is 9.98 Å². The van der Waals surface area contributed by atoms with Gasteiger partial charge >= 0.3 is 6.03 Å². The summed E-state index contributed by atoms with van der Waals surface area (Å²) in [5.74, 6) is -1.22. The molecule has 0 bridgehead atoms. The van der Waals surface area contributed by atoms with E-state index < -0.39 is 11.9 Å². The lowest BCUT2D eigenvalue weighted by Gasteiger charge is -2.39. The largest absolute Gasteiger partial charge is 0.357 e. The smallest absolute Gasteiger partial charge is 0.350 e. The molecule has 2 aromatic rings. The number of hydrogen-bond acceptors (Lipinski definition) is 3. The van der Waals surface area contributed by atoms with Gasteiger partial charge in [0.1, 0.15) is 11.5 Å². The first-order valence-electron chi connectivity index (χ1n) is 10.6. The highest BCUT2D eigenvalue weighted by molar-refractivity contribution is 6.21. The van der Waals surface area contributed by atoms with Gasteiger partial charge < -0.3 is 9.88 Å². The molecule has 1 aromatic heterocycles. The highest BCUT2D eigenvalue weighted by atomic mass is 19.1. The number of nitrogens with zero attached hydrogens (tertiary/aromatic N) is 3. The van der Waals surface area contributed by atoms with Gasteiger partial charge in [0.15, 0.2) is 0 Å². The minimum absolute atomic E-state index is 0.145. The number of urea groups is 1. The number of halogens is 1. The Balaban J connectivity index is 1.25. The first-order valence-corrected chi connectivity index (χ1v) is 10.6. The summed E-state index contributed by atoms with van der Waals surface area (Å²) in [7, 11) is 0. The van der Waals surface area contributed by atoms with Crippen molar-refractivity contribution in [3.05, 3.63) is 72.3 Å². The molecule has 162 valence electrons. The Bertz CT molecular complexity index is 1170. The molecule has 1 aliphatic carbocycles. The van der Waals surface area contributed by atoms with Gasteiger partial charge in [-0.05, 0) is 48.2 Å². The van der Waals surface area contributed by atoms with Gasteiger partial charge in [0.25, 0.3) is 5.91 Å². The predicted molar refractivity (Wildman–Crippen MR) is 117 cm³/mol. The normalized spacial score (nSPS) is 21.0. The highest BCUT2D eigenvalue weighted by Gasteiger charge is 2.41. The Hall–Kier alpha value is -3.81. The second kappa shape index (κ2) is 8.03. The quantitative estimate of drug-likeness (QED) is 0.805. The fourth-order valence-corrected chi connectivity index (χ4v) is 4.42. The second-order valence-electron chi connectivity index (χ2n) is 8.08. The van der Waals surface area contributed by atoms with Gasteiger partial charge in [-0.1, -0.05) is 30.4 Å². The fourth-order valence-electron chi connectivity index (χ4n) is 4.42. The molecule has 1 aromatic carbocycles. The summed E-state index contributed by atoms with van der Waals surface area (Å²) in [6.45, 7) is 0.866. The molecule has 0 spiro atoms. The van der Waals surface area contributed by atoms with E-state index in [-0.39, 0.29) is 23.7 Å². The van der Waals surface area contributed by atoms with Crippen LogP contribution in [0.4, 0.5) is 9.18 Å². The number of piperidine rings is 1. The van der Waals surface area contributed by atoms with Gasteiger partial charge in [-0.3, -0.25) is 14.5 Å². The number of rotatable bonds is 3. The molecular weight excluding hydrogens is 411 g/mol. The summed E-state index contributed by atoms with van der Waals surface area (Å²) in [6.07, 6.45) is 9.72. The van der Waals surface area contributed by atoms with E-state index in [1.165, 1.54) is 17.0 Å². The topological polar surface area (TPSA) is 85.8 Å². The maximum Gasteiger partial charge on any atom is 0.350 e. The number of carbonyl (C=O) groups is 3. The van der Waals surface area contributed by atoms with Crippen molar-refractivity contribution in [2.45, 2.75) is 18.9 Å². The summed E-state index contributed by atoms with van der Waals surface area (Å²) in [5.41, 5.74) is 2.54. The van der Waals surface area contributed by atoms with Crippen molar-refractivity contribution in [1.29, 1.82) is 0 Å². The number of likely N-dealkylation sites (tertiary alicyclic amines) is 1. The van der Waals surface area contributed by atoms with E-state index >= 15 is 0 Å². The van der Waals surface area contributed by atoms with Crippen molar-refractivity contribution in [3.8, 4) is 11.1 Å². The van der Waals surface area contributed by atoms with Gasteiger partial charge in [0, 0.05) is 25.3 Å². The standard InChI is InChI=1S/C24H21FN4O3/c25-17-7-5-15(6-8-17)16-13-21(26-14-16)23(31)28-11-9-18(10-12-28)29-22(30)19-3-1-2-4-20(19)27-24(29)32/h1-8,13-14,18-19,26H,9-12H2. The molecule has 32 heavy (non-hydrogen) atoms. The van der Waals surface area contributed by atoms with Crippen LogP contribution in [0.3, 0.4) is 0 Å². The number of imide groups is 1. The summed E-state index contributed by atoms with van der Waals surface area (Å²) < 4.78 is 13.1.